The molecule has 0 aliphatic rings. The minimum Gasteiger partial charge on any atom is -0.465 e. The minimum absolute atomic E-state index is 0.00231. The Balaban J connectivity index is 4.98. The molecule has 0 fully saturated rings. The van der Waals surface area contributed by atoms with Crippen molar-refractivity contribution < 1.29 is 23.8 Å². The summed E-state index contributed by atoms with van der Waals surface area (Å²) in [4.78, 5) is 23.8. The maximum Gasteiger partial charge on any atom is 0.325 e. The molecule has 0 bridgehead atoms. The van der Waals surface area contributed by atoms with Crippen molar-refractivity contribution in [2.45, 2.75) is 34.1 Å². The van der Waals surface area contributed by atoms with E-state index < -0.39 is 17.4 Å². The van der Waals surface area contributed by atoms with Crippen molar-refractivity contribution in [3.05, 3.63) is 0 Å². The van der Waals surface area contributed by atoms with Crippen LogP contribution in [0.2, 0.25) is 0 Å². The van der Waals surface area contributed by atoms with Gasteiger partial charge in [0.05, 0.1) is 19.8 Å². The van der Waals surface area contributed by atoms with Gasteiger partial charge in [-0.25, -0.2) is 0 Å². The predicted molar refractivity (Wildman–Crippen MR) is 62.5 cm³/mol. The molecule has 5 heteroatoms. The Labute approximate surface area is 102 Å². The van der Waals surface area contributed by atoms with Gasteiger partial charge in [0.2, 0.25) is 0 Å². The highest BCUT2D eigenvalue weighted by atomic mass is 16.6. The van der Waals surface area contributed by atoms with Gasteiger partial charge in [-0.1, -0.05) is 6.92 Å². The normalized spacial score (nSPS) is 11.1. The molecule has 0 unspecified atom stereocenters. The van der Waals surface area contributed by atoms with E-state index in [0.29, 0.717) is 13.0 Å². The third-order valence-corrected chi connectivity index (χ3v) is 2.49. The predicted octanol–water partition coefficient (Wildman–Crippen LogP) is 1.55. The van der Waals surface area contributed by atoms with Crippen LogP contribution in [-0.2, 0) is 23.8 Å². The fourth-order valence-electron chi connectivity index (χ4n) is 1.41. The third kappa shape index (κ3) is 4.00. The van der Waals surface area contributed by atoms with Crippen molar-refractivity contribution in [3.63, 3.8) is 0 Å². The average molecular weight is 246 g/mol. The summed E-state index contributed by atoms with van der Waals surface area (Å²) in [5.41, 5.74) is -1.33. The Morgan fingerprint density at radius 1 is 0.882 bits per heavy atom. The SMILES string of the molecule is CCOCC(CC)(C(=O)OCC)C(=O)OCC. The van der Waals surface area contributed by atoms with Gasteiger partial charge in [0.25, 0.3) is 0 Å². The standard InChI is InChI=1S/C12H22O5/c1-5-12(9-15-6-2,10(13)16-7-3)11(14)17-8-4/h5-9H2,1-4H3. The summed E-state index contributed by atoms with van der Waals surface area (Å²) in [6.07, 6.45) is 0.296. The van der Waals surface area contributed by atoms with E-state index in [2.05, 4.69) is 0 Å². The van der Waals surface area contributed by atoms with Gasteiger partial charge in [-0.2, -0.15) is 0 Å². The summed E-state index contributed by atoms with van der Waals surface area (Å²) in [7, 11) is 0. The number of hydrogen-bond donors (Lipinski definition) is 0. The smallest absolute Gasteiger partial charge is 0.325 e. The van der Waals surface area contributed by atoms with Crippen molar-refractivity contribution in [2.24, 2.45) is 5.41 Å². The number of carbonyl (C=O) groups is 2. The lowest BCUT2D eigenvalue weighted by atomic mass is 9.86. The molecule has 0 radical (unpaired) electrons. The Kier molecular flexibility index (Phi) is 7.54. The first-order valence-corrected chi connectivity index (χ1v) is 6.01. The zero-order valence-electron chi connectivity index (χ0n) is 11.1. The number of rotatable bonds is 8. The first kappa shape index (κ1) is 15.9. The van der Waals surface area contributed by atoms with E-state index in [9.17, 15) is 9.59 Å². The van der Waals surface area contributed by atoms with E-state index in [1.54, 1.807) is 27.7 Å². The highest BCUT2D eigenvalue weighted by Crippen LogP contribution is 2.26. The molecule has 0 atom stereocenters. The summed E-state index contributed by atoms with van der Waals surface area (Å²) in [5.74, 6) is -1.15. The molecule has 0 aromatic heterocycles. The van der Waals surface area contributed by atoms with Crippen LogP contribution in [0, 0.1) is 5.41 Å². The van der Waals surface area contributed by atoms with Crippen LogP contribution in [0.15, 0.2) is 0 Å². The van der Waals surface area contributed by atoms with Gasteiger partial charge in [-0.3, -0.25) is 9.59 Å². The summed E-state index contributed by atoms with van der Waals surface area (Å²) in [6, 6.07) is 0. The largest absolute Gasteiger partial charge is 0.465 e. The van der Waals surface area contributed by atoms with E-state index in [-0.39, 0.29) is 19.8 Å². The monoisotopic (exact) mass is 246 g/mol. The molecule has 0 aromatic rings. The van der Waals surface area contributed by atoms with Crippen LogP contribution in [0.1, 0.15) is 34.1 Å². The van der Waals surface area contributed by atoms with Crippen molar-refractivity contribution in [3.8, 4) is 0 Å². The number of carbonyl (C=O) groups excluding carboxylic acids is 2. The Hall–Kier alpha value is -1.10. The second-order valence-corrected chi connectivity index (χ2v) is 3.51. The van der Waals surface area contributed by atoms with Gasteiger partial charge in [0, 0.05) is 6.61 Å². The second-order valence-electron chi connectivity index (χ2n) is 3.51. The third-order valence-electron chi connectivity index (χ3n) is 2.49. The van der Waals surface area contributed by atoms with Crippen LogP contribution in [0.3, 0.4) is 0 Å². The minimum atomic E-state index is -1.33. The molecule has 0 aliphatic carbocycles. The molecule has 0 aromatic carbocycles. The molecule has 0 rings (SSSR count). The molecule has 0 N–H and O–H groups in total. The van der Waals surface area contributed by atoms with Gasteiger partial charge < -0.3 is 14.2 Å². The molecule has 100 valence electrons. The van der Waals surface area contributed by atoms with Gasteiger partial charge in [-0.05, 0) is 27.2 Å². The van der Waals surface area contributed by atoms with Crippen molar-refractivity contribution >= 4 is 11.9 Å². The first-order chi connectivity index (χ1) is 8.08. The van der Waals surface area contributed by atoms with Gasteiger partial charge in [-0.15, -0.1) is 0 Å². The number of ether oxygens (including phenoxy) is 3. The first-order valence-electron chi connectivity index (χ1n) is 6.01. The van der Waals surface area contributed by atoms with Crippen molar-refractivity contribution in [1.29, 1.82) is 0 Å². The zero-order valence-corrected chi connectivity index (χ0v) is 11.1. The topological polar surface area (TPSA) is 61.8 Å². The van der Waals surface area contributed by atoms with E-state index in [0.717, 1.165) is 0 Å². The molecule has 5 nitrogen and oxygen atoms in total. The molecule has 0 saturated heterocycles. The molecular formula is C12H22O5. The van der Waals surface area contributed by atoms with Crippen molar-refractivity contribution in [1.82, 2.24) is 0 Å². The van der Waals surface area contributed by atoms with E-state index in [1.165, 1.54) is 0 Å². The molecule has 0 spiro atoms. The Morgan fingerprint density at radius 2 is 1.35 bits per heavy atom. The maximum atomic E-state index is 11.9. The van der Waals surface area contributed by atoms with Gasteiger partial charge in [0.15, 0.2) is 5.41 Å². The second kappa shape index (κ2) is 8.06. The molecular weight excluding hydrogens is 224 g/mol. The van der Waals surface area contributed by atoms with Gasteiger partial charge in [0.1, 0.15) is 0 Å². The highest BCUT2D eigenvalue weighted by Gasteiger charge is 2.47. The number of hydrogen-bond acceptors (Lipinski definition) is 5. The molecule has 0 saturated carbocycles. The quantitative estimate of drug-likeness (QED) is 0.480. The Bertz CT molecular complexity index is 231. The maximum absolute atomic E-state index is 11.9. The number of esters is 2. The molecule has 0 aliphatic heterocycles. The summed E-state index contributed by atoms with van der Waals surface area (Å²) in [5, 5.41) is 0. The van der Waals surface area contributed by atoms with Gasteiger partial charge >= 0.3 is 11.9 Å². The van der Waals surface area contributed by atoms with E-state index in [1.807, 2.05) is 0 Å². The van der Waals surface area contributed by atoms with Crippen LogP contribution in [0.4, 0.5) is 0 Å². The highest BCUT2D eigenvalue weighted by molar-refractivity contribution is 6.00. The molecule has 17 heavy (non-hydrogen) atoms. The van der Waals surface area contributed by atoms with Crippen LogP contribution in [0.25, 0.3) is 0 Å². The van der Waals surface area contributed by atoms with Crippen LogP contribution in [0.5, 0.6) is 0 Å². The lowest BCUT2D eigenvalue weighted by molar-refractivity contribution is -0.177. The van der Waals surface area contributed by atoms with E-state index in [4.69, 9.17) is 14.2 Å². The van der Waals surface area contributed by atoms with Crippen LogP contribution < -0.4 is 0 Å². The fourth-order valence-corrected chi connectivity index (χ4v) is 1.41. The Morgan fingerprint density at radius 3 is 1.65 bits per heavy atom. The summed E-state index contributed by atoms with van der Waals surface area (Å²) < 4.78 is 15.1. The zero-order chi connectivity index (χ0) is 13.3. The fraction of sp³-hybridized carbons (Fsp3) is 0.833. The van der Waals surface area contributed by atoms with Crippen LogP contribution in [-0.4, -0.2) is 38.4 Å². The summed E-state index contributed by atoms with van der Waals surface area (Å²) >= 11 is 0. The lowest BCUT2D eigenvalue weighted by Crippen LogP contribution is -2.45. The molecule has 0 amide bonds. The van der Waals surface area contributed by atoms with E-state index >= 15 is 0 Å². The molecule has 0 heterocycles. The van der Waals surface area contributed by atoms with Crippen molar-refractivity contribution in [2.75, 3.05) is 26.4 Å². The van der Waals surface area contributed by atoms with Crippen LogP contribution >= 0.6 is 0 Å². The average Bonchev–Trinajstić information content (AvgIpc) is 2.31. The summed E-state index contributed by atoms with van der Waals surface area (Å²) in [6.45, 7) is 7.83. The lowest BCUT2D eigenvalue weighted by Gasteiger charge is -2.27.